The van der Waals surface area contributed by atoms with Gasteiger partial charge in [0.1, 0.15) is 5.69 Å². The molecule has 0 aliphatic carbocycles. The van der Waals surface area contributed by atoms with Crippen molar-refractivity contribution in [1.29, 1.82) is 0 Å². The quantitative estimate of drug-likeness (QED) is 0.831. The fraction of sp³-hybridized carbons (Fsp3) is 0.500. The number of hydrogen-bond donors (Lipinski definition) is 1. The number of nitrogens with zero attached hydrogens (tertiary/aromatic N) is 1. The molecule has 16 heavy (non-hydrogen) atoms. The minimum absolute atomic E-state index is 0. The van der Waals surface area contributed by atoms with Crippen molar-refractivity contribution in [2.24, 2.45) is 0 Å². The summed E-state index contributed by atoms with van der Waals surface area (Å²) < 4.78 is 36.7. The van der Waals surface area contributed by atoms with Gasteiger partial charge in [0.2, 0.25) is 0 Å². The van der Waals surface area contributed by atoms with E-state index in [9.17, 15) is 13.2 Å². The van der Waals surface area contributed by atoms with E-state index >= 15 is 0 Å². The Balaban J connectivity index is 0.00000128. The summed E-state index contributed by atoms with van der Waals surface area (Å²) in [5.41, 5.74) is 0.0604. The van der Waals surface area contributed by atoms with Gasteiger partial charge in [0.05, 0.1) is 0 Å². The van der Waals surface area contributed by atoms with E-state index in [0.29, 0.717) is 5.92 Å². The molecule has 1 aliphatic rings. The molecule has 0 radical (unpaired) electrons. The summed E-state index contributed by atoms with van der Waals surface area (Å²) in [5.74, 6) is 0.305. The third-order valence-electron chi connectivity index (χ3n) is 2.61. The number of hydrogen-bond acceptors (Lipinski definition) is 2. The molecule has 1 unspecified atom stereocenters. The van der Waals surface area contributed by atoms with Crippen LogP contribution in [0.5, 0.6) is 0 Å². The van der Waals surface area contributed by atoms with E-state index in [1.54, 1.807) is 0 Å². The first kappa shape index (κ1) is 13.3. The minimum Gasteiger partial charge on any atom is -0.316 e. The van der Waals surface area contributed by atoms with Gasteiger partial charge in [-0.05, 0) is 30.5 Å². The highest BCUT2D eigenvalue weighted by Crippen LogP contribution is 2.29. The second-order valence-electron chi connectivity index (χ2n) is 3.66. The Bertz CT molecular complexity index is 331. The highest BCUT2D eigenvalue weighted by molar-refractivity contribution is 5.85. The lowest BCUT2D eigenvalue weighted by atomic mass is 10.0. The maximum Gasteiger partial charge on any atom is 0.433 e. The van der Waals surface area contributed by atoms with Crippen LogP contribution in [-0.4, -0.2) is 18.1 Å². The fourth-order valence-electron chi connectivity index (χ4n) is 1.75. The number of pyridine rings is 1. The molecule has 0 amide bonds. The van der Waals surface area contributed by atoms with Crippen molar-refractivity contribution in [3.63, 3.8) is 0 Å². The molecule has 1 aliphatic heterocycles. The molecule has 1 aromatic heterocycles. The van der Waals surface area contributed by atoms with Gasteiger partial charge >= 0.3 is 6.18 Å². The van der Waals surface area contributed by atoms with Crippen molar-refractivity contribution in [3.05, 3.63) is 29.6 Å². The Hall–Kier alpha value is -0.810. The van der Waals surface area contributed by atoms with Crippen molar-refractivity contribution in [2.45, 2.75) is 18.5 Å². The van der Waals surface area contributed by atoms with Crippen LogP contribution >= 0.6 is 12.4 Å². The zero-order chi connectivity index (χ0) is 10.9. The van der Waals surface area contributed by atoms with E-state index < -0.39 is 11.9 Å². The van der Waals surface area contributed by atoms with Crippen molar-refractivity contribution in [2.75, 3.05) is 13.1 Å². The van der Waals surface area contributed by atoms with Gasteiger partial charge in [-0.1, -0.05) is 6.07 Å². The first-order valence-corrected chi connectivity index (χ1v) is 4.81. The van der Waals surface area contributed by atoms with E-state index in [0.717, 1.165) is 31.1 Å². The number of aromatic nitrogens is 1. The molecule has 2 rings (SSSR count). The lowest BCUT2D eigenvalue weighted by Crippen LogP contribution is -2.10. The second kappa shape index (κ2) is 5.01. The molecular weight excluding hydrogens is 241 g/mol. The molecule has 2 heterocycles. The van der Waals surface area contributed by atoms with Gasteiger partial charge in [-0.2, -0.15) is 13.2 Å². The van der Waals surface area contributed by atoms with Crippen LogP contribution in [0.1, 0.15) is 23.6 Å². The van der Waals surface area contributed by atoms with E-state index in [1.807, 2.05) is 0 Å². The van der Waals surface area contributed by atoms with Gasteiger partial charge in [0.15, 0.2) is 0 Å². The second-order valence-corrected chi connectivity index (χ2v) is 3.66. The summed E-state index contributed by atoms with van der Waals surface area (Å²) in [6.07, 6.45) is -2.04. The summed E-state index contributed by atoms with van der Waals surface area (Å²) in [6, 6.07) is 2.57. The Morgan fingerprint density at radius 2 is 2.06 bits per heavy atom. The van der Waals surface area contributed by atoms with E-state index in [1.165, 1.54) is 12.3 Å². The van der Waals surface area contributed by atoms with E-state index in [2.05, 4.69) is 10.3 Å². The van der Waals surface area contributed by atoms with E-state index in [4.69, 9.17) is 0 Å². The third kappa shape index (κ3) is 2.86. The van der Waals surface area contributed by atoms with Crippen molar-refractivity contribution in [1.82, 2.24) is 10.3 Å². The van der Waals surface area contributed by atoms with Crippen LogP contribution in [-0.2, 0) is 6.18 Å². The largest absolute Gasteiger partial charge is 0.433 e. The predicted octanol–water partition coefficient (Wildman–Crippen LogP) is 2.60. The molecule has 1 atom stereocenters. The number of nitrogens with one attached hydrogen (secondary N) is 1. The smallest absolute Gasteiger partial charge is 0.316 e. The van der Waals surface area contributed by atoms with Crippen LogP contribution in [0.3, 0.4) is 0 Å². The van der Waals surface area contributed by atoms with Gasteiger partial charge < -0.3 is 5.32 Å². The van der Waals surface area contributed by atoms with Crippen LogP contribution in [0.2, 0.25) is 0 Å². The average Bonchev–Trinajstić information content (AvgIpc) is 2.69. The number of halogens is 4. The van der Waals surface area contributed by atoms with Gasteiger partial charge in [-0.25, -0.2) is 0 Å². The maximum atomic E-state index is 12.2. The SMILES string of the molecule is Cl.FC(F)(F)c1ccc(C2CCNC2)cn1. The van der Waals surface area contributed by atoms with Crippen molar-refractivity contribution < 1.29 is 13.2 Å². The van der Waals surface area contributed by atoms with Crippen molar-refractivity contribution >= 4 is 12.4 Å². The van der Waals surface area contributed by atoms with Gasteiger partial charge in [0.25, 0.3) is 0 Å². The molecular formula is C10H12ClF3N2. The average molecular weight is 253 g/mol. The molecule has 0 bridgehead atoms. The maximum absolute atomic E-state index is 12.2. The van der Waals surface area contributed by atoms with Gasteiger partial charge in [-0.15, -0.1) is 12.4 Å². The standard InChI is InChI=1S/C10H11F3N2.ClH/c11-10(12,13)9-2-1-7(6-15-9)8-3-4-14-5-8;/h1-2,6,8,14H,3-5H2;1H. The molecule has 0 saturated carbocycles. The molecule has 0 spiro atoms. The minimum atomic E-state index is -4.34. The molecule has 1 fully saturated rings. The first-order valence-electron chi connectivity index (χ1n) is 4.81. The van der Waals surface area contributed by atoms with Crippen LogP contribution in [0.15, 0.2) is 18.3 Å². The molecule has 1 aromatic rings. The summed E-state index contributed by atoms with van der Waals surface area (Å²) in [6.45, 7) is 1.75. The lowest BCUT2D eigenvalue weighted by molar-refractivity contribution is -0.141. The predicted molar refractivity (Wildman–Crippen MR) is 56.7 cm³/mol. The summed E-state index contributed by atoms with van der Waals surface area (Å²) in [4.78, 5) is 3.44. The number of rotatable bonds is 1. The first-order chi connectivity index (χ1) is 7.07. The normalized spacial score (nSPS) is 20.6. The molecule has 1 N–H and O–H groups in total. The zero-order valence-electron chi connectivity index (χ0n) is 8.42. The molecule has 0 aromatic carbocycles. The monoisotopic (exact) mass is 252 g/mol. The molecule has 2 nitrogen and oxygen atoms in total. The Morgan fingerprint density at radius 3 is 2.50 bits per heavy atom. The van der Waals surface area contributed by atoms with Crippen LogP contribution in [0, 0.1) is 0 Å². The Labute approximate surface area is 97.7 Å². The molecule has 6 heteroatoms. The Morgan fingerprint density at radius 1 is 1.31 bits per heavy atom. The molecule has 90 valence electrons. The van der Waals surface area contributed by atoms with Crippen LogP contribution < -0.4 is 5.32 Å². The molecule has 1 saturated heterocycles. The number of alkyl halides is 3. The summed E-state index contributed by atoms with van der Waals surface area (Å²) in [5, 5.41) is 3.17. The topological polar surface area (TPSA) is 24.9 Å². The van der Waals surface area contributed by atoms with Crippen LogP contribution in [0.25, 0.3) is 0 Å². The Kier molecular flexibility index (Phi) is 4.15. The highest BCUT2D eigenvalue weighted by atomic mass is 35.5. The van der Waals surface area contributed by atoms with Gasteiger partial charge in [-0.3, -0.25) is 4.98 Å². The highest BCUT2D eigenvalue weighted by Gasteiger charge is 2.32. The van der Waals surface area contributed by atoms with Crippen molar-refractivity contribution in [3.8, 4) is 0 Å². The van der Waals surface area contributed by atoms with Crippen LogP contribution in [0.4, 0.5) is 13.2 Å². The fourth-order valence-corrected chi connectivity index (χ4v) is 1.75. The van der Waals surface area contributed by atoms with E-state index in [-0.39, 0.29) is 12.4 Å². The lowest BCUT2D eigenvalue weighted by Gasteiger charge is -2.10. The van der Waals surface area contributed by atoms with Gasteiger partial charge in [0, 0.05) is 12.7 Å². The summed E-state index contributed by atoms with van der Waals surface area (Å²) in [7, 11) is 0. The zero-order valence-corrected chi connectivity index (χ0v) is 9.24. The summed E-state index contributed by atoms with van der Waals surface area (Å²) >= 11 is 0. The third-order valence-corrected chi connectivity index (χ3v) is 2.61.